The Kier molecular flexibility index (Phi) is 6.05. The monoisotopic (exact) mass is 672 g/mol. The van der Waals surface area contributed by atoms with Gasteiger partial charge in [-0.05, 0) is 72.8 Å². The highest BCUT2D eigenvalue weighted by atomic mass is 79.9. The van der Waals surface area contributed by atoms with Gasteiger partial charge in [-0.25, -0.2) is 0 Å². The molecule has 2 aliphatic heterocycles. The topological polar surface area (TPSA) is 24.9 Å². The predicted octanol–water partition coefficient (Wildman–Crippen LogP) is 12.0. The average Bonchev–Trinajstić information content (AvgIpc) is 3.02. The summed E-state index contributed by atoms with van der Waals surface area (Å²) in [5, 5.41) is 0. The molecule has 0 N–H and O–H groups in total. The molecule has 4 nitrogen and oxygen atoms in total. The summed E-state index contributed by atoms with van der Waals surface area (Å²) >= 11 is 7.55. The normalized spacial score (nSPS) is 12.8. The van der Waals surface area contributed by atoms with Gasteiger partial charge in [0, 0.05) is 20.1 Å². The highest BCUT2D eigenvalue weighted by Gasteiger charge is 2.31. The van der Waals surface area contributed by atoms with Gasteiger partial charge in [0.25, 0.3) is 0 Å². The number of para-hydroxylation sites is 8. The Hall–Kier alpha value is -4.52. The maximum absolute atomic E-state index is 6.34. The molecule has 6 aromatic rings. The first-order chi connectivity index (χ1) is 20.7. The van der Waals surface area contributed by atoms with Crippen LogP contribution in [0.1, 0.15) is 0 Å². The highest BCUT2D eigenvalue weighted by molar-refractivity contribution is 9.10. The first-order valence-corrected chi connectivity index (χ1v) is 15.2. The lowest BCUT2D eigenvalue weighted by Crippen LogP contribution is -2.18. The summed E-state index contributed by atoms with van der Waals surface area (Å²) in [4.78, 5) is 4.59. The SMILES string of the molecule is Brc1ccc(-c2ccc(Br)cc2N2c3ccccc3Oc3ccccc32)c(N2c3ccccc3Oc3ccccc32)c1. The van der Waals surface area contributed by atoms with Crippen molar-refractivity contribution in [1.29, 1.82) is 0 Å². The van der Waals surface area contributed by atoms with E-state index in [2.05, 4.69) is 102 Å². The van der Waals surface area contributed by atoms with Crippen LogP contribution in [0.4, 0.5) is 34.1 Å². The minimum atomic E-state index is 0.814. The number of rotatable bonds is 3. The Balaban J connectivity index is 1.40. The zero-order valence-corrected chi connectivity index (χ0v) is 25.3. The molecule has 6 aromatic carbocycles. The summed E-state index contributed by atoms with van der Waals surface area (Å²) in [6.07, 6.45) is 0. The van der Waals surface area contributed by atoms with Crippen molar-refractivity contribution in [2.24, 2.45) is 0 Å². The molecule has 2 aliphatic rings. The zero-order chi connectivity index (χ0) is 28.2. The lowest BCUT2D eigenvalue weighted by Gasteiger charge is -2.36. The molecule has 0 unspecified atom stereocenters. The van der Waals surface area contributed by atoms with Crippen LogP contribution >= 0.6 is 31.9 Å². The van der Waals surface area contributed by atoms with E-state index < -0.39 is 0 Å². The van der Waals surface area contributed by atoms with Crippen LogP contribution in [0, 0.1) is 0 Å². The van der Waals surface area contributed by atoms with E-state index in [1.54, 1.807) is 0 Å². The number of ether oxygens (including phenoxy) is 2. The zero-order valence-electron chi connectivity index (χ0n) is 22.2. The van der Waals surface area contributed by atoms with Gasteiger partial charge in [0.2, 0.25) is 0 Å². The van der Waals surface area contributed by atoms with Crippen LogP contribution in [0.15, 0.2) is 142 Å². The van der Waals surface area contributed by atoms with E-state index in [0.29, 0.717) is 0 Å². The van der Waals surface area contributed by atoms with Gasteiger partial charge in [-0.15, -0.1) is 0 Å². The third-order valence-electron chi connectivity index (χ3n) is 7.56. The van der Waals surface area contributed by atoms with Crippen LogP contribution in [-0.2, 0) is 0 Å². The van der Waals surface area contributed by atoms with Crippen molar-refractivity contribution in [2.75, 3.05) is 9.80 Å². The van der Waals surface area contributed by atoms with E-state index in [4.69, 9.17) is 9.47 Å². The molecule has 0 saturated heterocycles. The van der Waals surface area contributed by atoms with E-state index in [0.717, 1.165) is 77.2 Å². The maximum Gasteiger partial charge on any atom is 0.151 e. The average molecular weight is 674 g/mol. The third-order valence-corrected chi connectivity index (χ3v) is 8.54. The molecule has 0 aromatic heterocycles. The summed E-state index contributed by atoms with van der Waals surface area (Å²) in [7, 11) is 0. The van der Waals surface area contributed by atoms with Gasteiger partial charge in [-0.1, -0.05) is 92.5 Å². The molecular formula is C36H22Br2N2O2. The van der Waals surface area contributed by atoms with Crippen molar-refractivity contribution in [3.8, 4) is 34.1 Å². The minimum Gasteiger partial charge on any atom is -0.453 e. The lowest BCUT2D eigenvalue weighted by atomic mass is 9.98. The minimum absolute atomic E-state index is 0.814. The molecule has 0 amide bonds. The summed E-state index contributed by atoms with van der Waals surface area (Å²) in [6, 6.07) is 45.6. The number of hydrogen-bond donors (Lipinski definition) is 0. The molecule has 0 saturated carbocycles. The summed E-state index contributed by atoms with van der Waals surface area (Å²) in [5.41, 5.74) is 8.15. The Bertz CT molecular complexity index is 1770. The molecule has 2 heterocycles. The number of fused-ring (bicyclic) bond motifs is 4. The van der Waals surface area contributed by atoms with Crippen molar-refractivity contribution in [2.45, 2.75) is 0 Å². The summed E-state index contributed by atoms with van der Waals surface area (Å²) < 4.78 is 14.7. The second kappa shape index (κ2) is 10.1. The van der Waals surface area contributed by atoms with Crippen molar-refractivity contribution in [3.05, 3.63) is 142 Å². The van der Waals surface area contributed by atoms with E-state index >= 15 is 0 Å². The number of nitrogens with zero attached hydrogens (tertiary/aromatic N) is 2. The van der Waals surface area contributed by atoms with E-state index in [1.165, 1.54) is 0 Å². The summed E-state index contributed by atoms with van der Waals surface area (Å²) in [5.74, 6) is 3.26. The number of benzene rings is 6. The molecular weight excluding hydrogens is 652 g/mol. The maximum atomic E-state index is 6.34. The molecule has 42 heavy (non-hydrogen) atoms. The van der Waals surface area contributed by atoms with Crippen molar-refractivity contribution >= 4 is 66.0 Å². The third kappa shape index (κ3) is 4.10. The van der Waals surface area contributed by atoms with Gasteiger partial charge >= 0.3 is 0 Å². The molecule has 0 atom stereocenters. The second-order valence-corrected chi connectivity index (χ2v) is 11.9. The Labute approximate surface area is 260 Å². The molecule has 6 heteroatoms. The molecule has 0 spiro atoms. The van der Waals surface area contributed by atoms with E-state index in [1.807, 2.05) is 72.8 Å². The molecule has 0 aliphatic carbocycles. The fraction of sp³-hybridized carbons (Fsp3) is 0. The second-order valence-electron chi connectivity index (χ2n) is 10.1. The molecule has 0 radical (unpaired) electrons. The van der Waals surface area contributed by atoms with Gasteiger partial charge in [0.05, 0.1) is 34.1 Å². The van der Waals surface area contributed by atoms with Crippen LogP contribution in [0.25, 0.3) is 11.1 Å². The van der Waals surface area contributed by atoms with Crippen molar-refractivity contribution in [3.63, 3.8) is 0 Å². The van der Waals surface area contributed by atoms with Crippen LogP contribution in [-0.4, -0.2) is 0 Å². The van der Waals surface area contributed by atoms with Gasteiger partial charge in [0.1, 0.15) is 0 Å². The van der Waals surface area contributed by atoms with Gasteiger partial charge in [-0.2, -0.15) is 0 Å². The number of hydrogen-bond acceptors (Lipinski definition) is 4. The van der Waals surface area contributed by atoms with Crippen LogP contribution < -0.4 is 19.3 Å². The predicted molar refractivity (Wildman–Crippen MR) is 177 cm³/mol. The lowest BCUT2D eigenvalue weighted by molar-refractivity contribution is 0.476. The fourth-order valence-corrected chi connectivity index (χ4v) is 6.46. The van der Waals surface area contributed by atoms with E-state index in [-0.39, 0.29) is 0 Å². The quantitative estimate of drug-likeness (QED) is 0.186. The number of halogens is 2. The molecule has 202 valence electrons. The molecule has 0 bridgehead atoms. The van der Waals surface area contributed by atoms with Gasteiger partial charge < -0.3 is 19.3 Å². The first-order valence-electron chi connectivity index (χ1n) is 13.6. The van der Waals surface area contributed by atoms with E-state index in [9.17, 15) is 0 Å². The Morgan fingerprint density at radius 2 is 0.667 bits per heavy atom. The van der Waals surface area contributed by atoms with Crippen molar-refractivity contribution in [1.82, 2.24) is 0 Å². The van der Waals surface area contributed by atoms with Gasteiger partial charge in [0.15, 0.2) is 23.0 Å². The fourth-order valence-electron chi connectivity index (χ4n) is 5.76. The molecule has 8 rings (SSSR count). The first kappa shape index (κ1) is 25.2. The Morgan fingerprint density at radius 3 is 1.00 bits per heavy atom. The largest absolute Gasteiger partial charge is 0.453 e. The highest BCUT2D eigenvalue weighted by Crippen LogP contribution is 2.56. The Morgan fingerprint density at radius 1 is 0.357 bits per heavy atom. The summed E-state index contributed by atoms with van der Waals surface area (Å²) in [6.45, 7) is 0. The standard InChI is InChI=1S/C36H22Br2N2O2/c37-23-17-19-25(31(21-23)39-27-9-1-5-13-33(27)41-34-14-6-2-10-28(34)39)26-20-18-24(38)22-32(26)40-29-11-3-7-15-35(29)42-36-16-8-4-12-30(36)40/h1-22H. The smallest absolute Gasteiger partial charge is 0.151 e. The van der Waals surface area contributed by atoms with Crippen LogP contribution in [0.2, 0.25) is 0 Å². The molecule has 0 fully saturated rings. The number of anilines is 6. The van der Waals surface area contributed by atoms with Crippen LogP contribution in [0.3, 0.4) is 0 Å². The van der Waals surface area contributed by atoms with Crippen LogP contribution in [0.5, 0.6) is 23.0 Å². The van der Waals surface area contributed by atoms with Crippen molar-refractivity contribution < 1.29 is 9.47 Å². The van der Waals surface area contributed by atoms with Gasteiger partial charge in [-0.3, -0.25) is 0 Å².